The van der Waals surface area contributed by atoms with Crippen molar-refractivity contribution in [3.8, 4) is 0 Å². The molecule has 0 saturated carbocycles. The molecule has 29 heavy (non-hydrogen) atoms. The van der Waals surface area contributed by atoms with E-state index in [1.165, 1.54) is 16.7 Å². The summed E-state index contributed by atoms with van der Waals surface area (Å²) in [7, 11) is 3.45. The molecule has 0 bridgehead atoms. The minimum atomic E-state index is -0.333. The predicted molar refractivity (Wildman–Crippen MR) is 111 cm³/mol. The molecule has 0 aliphatic heterocycles. The Morgan fingerprint density at radius 1 is 1.21 bits per heavy atom. The summed E-state index contributed by atoms with van der Waals surface area (Å²) >= 11 is 5.12. The van der Waals surface area contributed by atoms with Gasteiger partial charge in [0.1, 0.15) is 11.6 Å². The number of imidazole rings is 1. The Morgan fingerprint density at radius 2 is 2.00 bits per heavy atom. The maximum atomic E-state index is 13.4. The molecule has 0 aliphatic carbocycles. The molecular formula is C20H18FN5O2S. The third kappa shape index (κ3) is 3.44. The molecule has 0 saturated heterocycles. The first-order chi connectivity index (χ1) is 13.8. The first-order valence-corrected chi connectivity index (χ1v) is 9.38. The summed E-state index contributed by atoms with van der Waals surface area (Å²) < 4.78 is 16.9. The first-order valence-electron chi connectivity index (χ1n) is 8.97. The summed E-state index contributed by atoms with van der Waals surface area (Å²) in [6.45, 7) is 0.364. The van der Waals surface area contributed by atoms with Gasteiger partial charge in [-0.2, -0.15) is 0 Å². The molecule has 9 heteroatoms. The Hall–Kier alpha value is -3.33. The SMILES string of the molecule is Cn1c(=S)[nH]c2cc(C(=O)NCCc3nc4cc(F)ccc4n3C)ccc2c1=O. The van der Waals surface area contributed by atoms with Crippen LogP contribution in [0.2, 0.25) is 0 Å². The second-order valence-electron chi connectivity index (χ2n) is 6.78. The summed E-state index contributed by atoms with van der Waals surface area (Å²) in [6, 6.07) is 9.29. The van der Waals surface area contributed by atoms with Crippen molar-refractivity contribution in [2.45, 2.75) is 6.42 Å². The molecule has 2 heterocycles. The smallest absolute Gasteiger partial charge is 0.261 e. The lowest BCUT2D eigenvalue weighted by molar-refractivity contribution is 0.0954. The number of hydrogen-bond acceptors (Lipinski definition) is 4. The van der Waals surface area contributed by atoms with E-state index in [1.807, 2.05) is 11.6 Å². The molecular weight excluding hydrogens is 393 g/mol. The quantitative estimate of drug-likeness (QED) is 0.506. The van der Waals surface area contributed by atoms with Gasteiger partial charge in [-0.1, -0.05) is 0 Å². The Bertz CT molecular complexity index is 1390. The zero-order chi connectivity index (χ0) is 20.7. The standard InChI is InChI=1S/C20H18FN5O2S/c1-25-16-6-4-12(21)10-15(16)23-17(25)7-8-22-18(27)11-3-5-13-14(9-11)24-20(29)26(2)19(13)28/h3-6,9-10H,7-8H2,1-2H3,(H,22,27)(H,24,29). The van der Waals surface area contributed by atoms with Crippen molar-refractivity contribution in [3.05, 3.63) is 68.7 Å². The van der Waals surface area contributed by atoms with Crippen LogP contribution < -0.4 is 10.9 Å². The van der Waals surface area contributed by atoms with E-state index in [0.29, 0.717) is 39.7 Å². The Morgan fingerprint density at radius 3 is 2.79 bits per heavy atom. The highest BCUT2D eigenvalue weighted by Crippen LogP contribution is 2.16. The maximum Gasteiger partial charge on any atom is 0.261 e. The number of hydrogen-bond donors (Lipinski definition) is 2. The number of amides is 1. The second kappa shape index (κ2) is 7.25. The van der Waals surface area contributed by atoms with Gasteiger partial charge >= 0.3 is 0 Å². The van der Waals surface area contributed by atoms with Crippen LogP contribution in [0.1, 0.15) is 16.2 Å². The minimum Gasteiger partial charge on any atom is -0.352 e. The van der Waals surface area contributed by atoms with E-state index in [-0.39, 0.29) is 17.3 Å². The molecule has 7 nitrogen and oxygen atoms in total. The summed E-state index contributed by atoms with van der Waals surface area (Å²) in [5, 5.41) is 3.31. The zero-order valence-electron chi connectivity index (χ0n) is 15.8. The van der Waals surface area contributed by atoms with Gasteiger partial charge in [-0.15, -0.1) is 0 Å². The fraction of sp³-hybridized carbons (Fsp3) is 0.200. The Balaban J connectivity index is 1.50. The van der Waals surface area contributed by atoms with Crippen LogP contribution in [0.3, 0.4) is 0 Å². The van der Waals surface area contributed by atoms with E-state index in [0.717, 1.165) is 11.3 Å². The van der Waals surface area contributed by atoms with Crippen molar-refractivity contribution in [3.63, 3.8) is 0 Å². The second-order valence-corrected chi connectivity index (χ2v) is 7.17. The van der Waals surface area contributed by atoms with Crippen molar-refractivity contribution in [2.75, 3.05) is 6.54 Å². The third-order valence-corrected chi connectivity index (χ3v) is 5.31. The molecule has 2 aromatic heterocycles. The van der Waals surface area contributed by atoms with E-state index >= 15 is 0 Å². The molecule has 2 N–H and O–H groups in total. The number of nitrogens with one attached hydrogen (secondary N) is 2. The maximum absolute atomic E-state index is 13.4. The van der Waals surface area contributed by atoms with E-state index in [4.69, 9.17) is 12.2 Å². The van der Waals surface area contributed by atoms with Crippen LogP contribution in [-0.4, -0.2) is 31.6 Å². The van der Waals surface area contributed by atoms with Gasteiger partial charge in [0.15, 0.2) is 4.77 Å². The fourth-order valence-corrected chi connectivity index (χ4v) is 3.48. The van der Waals surface area contributed by atoms with Gasteiger partial charge < -0.3 is 14.9 Å². The van der Waals surface area contributed by atoms with Crippen LogP contribution in [-0.2, 0) is 20.5 Å². The normalized spacial score (nSPS) is 11.3. The summed E-state index contributed by atoms with van der Waals surface area (Å²) in [5.41, 5.74) is 2.14. The number of aryl methyl sites for hydroxylation is 1. The summed E-state index contributed by atoms with van der Waals surface area (Å²) in [5.74, 6) is 0.148. The Labute approximate surface area is 169 Å². The van der Waals surface area contributed by atoms with Crippen LogP contribution in [0.5, 0.6) is 0 Å². The first kappa shape index (κ1) is 19.0. The number of aromatic nitrogens is 4. The van der Waals surface area contributed by atoms with Gasteiger partial charge in [-0.25, -0.2) is 9.37 Å². The molecule has 2 aromatic carbocycles. The summed E-state index contributed by atoms with van der Waals surface area (Å²) in [6.07, 6.45) is 0.495. The van der Waals surface area contributed by atoms with Gasteiger partial charge in [0.2, 0.25) is 0 Å². The van der Waals surface area contributed by atoms with Crippen molar-refractivity contribution in [2.24, 2.45) is 14.1 Å². The largest absolute Gasteiger partial charge is 0.352 e. The number of benzene rings is 2. The molecule has 1 amide bonds. The molecule has 0 atom stereocenters. The zero-order valence-corrected chi connectivity index (χ0v) is 16.6. The van der Waals surface area contributed by atoms with Crippen molar-refractivity contribution < 1.29 is 9.18 Å². The molecule has 4 rings (SSSR count). The molecule has 148 valence electrons. The van der Waals surface area contributed by atoms with Crippen LogP contribution in [0.15, 0.2) is 41.2 Å². The summed E-state index contributed by atoms with van der Waals surface area (Å²) in [4.78, 5) is 32.1. The van der Waals surface area contributed by atoms with E-state index in [2.05, 4.69) is 15.3 Å². The van der Waals surface area contributed by atoms with Gasteiger partial charge in [0.05, 0.1) is 21.9 Å². The lowest BCUT2D eigenvalue weighted by atomic mass is 10.1. The number of halogens is 1. The number of H-pyrrole nitrogens is 1. The van der Waals surface area contributed by atoms with E-state index in [9.17, 15) is 14.0 Å². The van der Waals surface area contributed by atoms with Crippen LogP contribution in [0, 0.1) is 10.6 Å². The topological polar surface area (TPSA) is 84.7 Å². The molecule has 0 radical (unpaired) electrons. The monoisotopic (exact) mass is 411 g/mol. The number of carbonyl (C=O) groups excluding carboxylic acids is 1. The molecule has 0 aliphatic rings. The highest BCUT2D eigenvalue weighted by molar-refractivity contribution is 7.71. The number of aromatic amines is 1. The van der Waals surface area contributed by atoms with E-state index < -0.39 is 0 Å². The highest BCUT2D eigenvalue weighted by atomic mass is 32.1. The number of nitrogens with zero attached hydrogens (tertiary/aromatic N) is 3. The van der Waals surface area contributed by atoms with Gasteiger partial charge in [-0.3, -0.25) is 14.2 Å². The molecule has 0 unspecified atom stereocenters. The van der Waals surface area contributed by atoms with Crippen molar-refractivity contribution in [1.29, 1.82) is 0 Å². The van der Waals surface area contributed by atoms with Crippen molar-refractivity contribution >= 4 is 40.1 Å². The minimum absolute atomic E-state index is 0.214. The number of rotatable bonds is 4. The average Bonchev–Trinajstić information content (AvgIpc) is 3.00. The van der Waals surface area contributed by atoms with Crippen molar-refractivity contribution in [1.82, 2.24) is 24.4 Å². The third-order valence-electron chi connectivity index (χ3n) is 4.93. The number of fused-ring (bicyclic) bond motifs is 2. The lowest BCUT2D eigenvalue weighted by Gasteiger charge is -2.07. The Kier molecular flexibility index (Phi) is 4.75. The molecule has 4 aromatic rings. The average molecular weight is 411 g/mol. The lowest BCUT2D eigenvalue weighted by Crippen LogP contribution is -2.26. The van der Waals surface area contributed by atoms with Gasteiger partial charge in [0.25, 0.3) is 11.5 Å². The molecule has 0 fully saturated rings. The highest BCUT2D eigenvalue weighted by Gasteiger charge is 2.11. The van der Waals surface area contributed by atoms with Crippen LogP contribution >= 0.6 is 12.2 Å². The molecule has 0 spiro atoms. The fourth-order valence-electron chi connectivity index (χ4n) is 3.28. The van der Waals surface area contributed by atoms with E-state index in [1.54, 1.807) is 31.3 Å². The number of carbonyl (C=O) groups is 1. The van der Waals surface area contributed by atoms with Gasteiger partial charge in [0, 0.05) is 38.7 Å². The predicted octanol–water partition coefficient (Wildman–Crippen LogP) is 2.59. The van der Waals surface area contributed by atoms with Gasteiger partial charge in [-0.05, 0) is 42.5 Å². The van der Waals surface area contributed by atoms with Crippen LogP contribution in [0.25, 0.3) is 21.9 Å². The van der Waals surface area contributed by atoms with Crippen LogP contribution in [0.4, 0.5) is 4.39 Å².